The molecule has 1 aromatic rings. The van der Waals surface area contributed by atoms with Crippen LogP contribution in [0, 0.1) is 0 Å². The average Bonchev–Trinajstić information content (AvgIpc) is 2.70. The van der Waals surface area contributed by atoms with Crippen LogP contribution in [0.25, 0.3) is 0 Å². The molecule has 1 N–H and O–H groups in total. The van der Waals surface area contributed by atoms with Gasteiger partial charge in [-0.1, -0.05) is 13.0 Å². The lowest BCUT2D eigenvalue weighted by Gasteiger charge is -2.28. The predicted molar refractivity (Wildman–Crippen MR) is 84.0 cm³/mol. The molecule has 0 radical (unpaired) electrons. The SMILES string of the molecule is CCCN1CCCC(O)(c2ccc(OC)c(OC)c2)CC1. The van der Waals surface area contributed by atoms with E-state index in [0.29, 0.717) is 11.5 Å². The number of hydrogen-bond acceptors (Lipinski definition) is 4. The van der Waals surface area contributed by atoms with Crippen molar-refractivity contribution >= 4 is 0 Å². The van der Waals surface area contributed by atoms with Crippen LogP contribution in [0.3, 0.4) is 0 Å². The van der Waals surface area contributed by atoms with E-state index >= 15 is 0 Å². The Kier molecular flexibility index (Phi) is 5.48. The molecule has 0 aliphatic carbocycles. The van der Waals surface area contributed by atoms with Gasteiger partial charge in [0.05, 0.1) is 19.8 Å². The van der Waals surface area contributed by atoms with E-state index in [1.165, 1.54) is 0 Å². The van der Waals surface area contributed by atoms with Gasteiger partial charge in [0.2, 0.25) is 0 Å². The summed E-state index contributed by atoms with van der Waals surface area (Å²) in [7, 11) is 3.25. The maximum absolute atomic E-state index is 11.1. The lowest BCUT2D eigenvalue weighted by Crippen LogP contribution is -2.29. The quantitative estimate of drug-likeness (QED) is 0.906. The Labute approximate surface area is 127 Å². The van der Waals surface area contributed by atoms with E-state index in [4.69, 9.17) is 9.47 Å². The van der Waals surface area contributed by atoms with Gasteiger partial charge in [0, 0.05) is 6.54 Å². The van der Waals surface area contributed by atoms with Gasteiger partial charge in [-0.3, -0.25) is 0 Å². The molecule has 1 atom stereocenters. The Hall–Kier alpha value is -1.26. The topological polar surface area (TPSA) is 41.9 Å². The molecule has 1 aromatic carbocycles. The van der Waals surface area contributed by atoms with Crippen LogP contribution in [-0.4, -0.2) is 43.9 Å². The fourth-order valence-electron chi connectivity index (χ4n) is 3.13. The Morgan fingerprint density at radius 3 is 2.57 bits per heavy atom. The van der Waals surface area contributed by atoms with E-state index in [0.717, 1.165) is 50.9 Å². The van der Waals surface area contributed by atoms with E-state index in [2.05, 4.69) is 11.8 Å². The first-order valence-corrected chi connectivity index (χ1v) is 7.80. The van der Waals surface area contributed by atoms with Gasteiger partial charge in [0.25, 0.3) is 0 Å². The standard InChI is InChI=1S/C17H27NO3/c1-4-10-18-11-5-8-17(19,9-12-18)14-6-7-15(20-2)16(13-14)21-3/h6-7,13,19H,4-5,8-12H2,1-3H3. The Balaban J connectivity index is 2.19. The highest BCUT2D eigenvalue weighted by molar-refractivity contribution is 5.44. The molecule has 4 nitrogen and oxygen atoms in total. The number of benzene rings is 1. The third kappa shape index (κ3) is 3.69. The van der Waals surface area contributed by atoms with Crippen molar-refractivity contribution in [2.24, 2.45) is 0 Å². The fraction of sp³-hybridized carbons (Fsp3) is 0.647. The third-order valence-corrected chi connectivity index (χ3v) is 4.37. The minimum absolute atomic E-state index is 0.679. The molecule has 1 fully saturated rings. The van der Waals surface area contributed by atoms with Crippen LogP contribution in [0.1, 0.15) is 38.2 Å². The van der Waals surface area contributed by atoms with Crippen LogP contribution in [0.4, 0.5) is 0 Å². The van der Waals surface area contributed by atoms with Gasteiger partial charge in [-0.15, -0.1) is 0 Å². The number of methoxy groups -OCH3 is 2. The van der Waals surface area contributed by atoms with Crippen LogP contribution in [0.2, 0.25) is 0 Å². The second-order valence-electron chi connectivity index (χ2n) is 5.80. The maximum atomic E-state index is 11.1. The summed E-state index contributed by atoms with van der Waals surface area (Å²) in [4.78, 5) is 2.44. The molecule has 21 heavy (non-hydrogen) atoms. The van der Waals surface area contributed by atoms with Crippen LogP contribution in [0.5, 0.6) is 11.5 Å². The molecule has 0 amide bonds. The zero-order chi connectivity index (χ0) is 15.3. The van der Waals surface area contributed by atoms with E-state index in [1.807, 2.05) is 18.2 Å². The zero-order valence-electron chi connectivity index (χ0n) is 13.4. The highest BCUT2D eigenvalue weighted by atomic mass is 16.5. The Morgan fingerprint density at radius 1 is 1.14 bits per heavy atom. The minimum atomic E-state index is -0.762. The molecule has 4 heteroatoms. The van der Waals surface area contributed by atoms with Crippen LogP contribution in [0.15, 0.2) is 18.2 Å². The van der Waals surface area contributed by atoms with Crippen LogP contribution >= 0.6 is 0 Å². The molecular weight excluding hydrogens is 266 g/mol. The van der Waals surface area contributed by atoms with Crippen molar-refractivity contribution in [1.82, 2.24) is 4.90 Å². The Morgan fingerprint density at radius 2 is 1.90 bits per heavy atom. The van der Waals surface area contributed by atoms with E-state index in [1.54, 1.807) is 14.2 Å². The number of rotatable bonds is 5. The zero-order valence-corrected chi connectivity index (χ0v) is 13.4. The summed E-state index contributed by atoms with van der Waals surface area (Å²) < 4.78 is 10.6. The monoisotopic (exact) mass is 293 g/mol. The van der Waals surface area contributed by atoms with E-state index < -0.39 is 5.60 Å². The molecule has 1 saturated heterocycles. The first-order chi connectivity index (χ1) is 10.1. The van der Waals surface area contributed by atoms with Crippen molar-refractivity contribution in [2.45, 2.75) is 38.2 Å². The van der Waals surface area contributed by atoms with Gasteiger partial charge in [-0.05, 0) is 56.5 Å². The summed E-state index contributed by atoms with van der Waals surface area (Å²) in [5, 5.41) is 11.1. The molecule has 1 aliphatic rings. The highest BCUT2D eigenvalue weighted by Gasteiger charge is 2.32. The van der Waals surface area contributed by atoms with Gasteiger partial charge >= 0.3 is 0 Å². The van der Waals surface area contributed by atoms with Crippen LogP contribution < -0.4 is 9.47 Å². The molecule has 1 unspecified atom stereocenters. The normalized spacial score (nSPS) is 23.6. The molecular formula is C17H27NO3. The molecule has 0 saturated carbocycles. The lowest BCUT2D eigenvalue weighted by molar-refractivity contribution is 0.0210. The first-order valence-electron chi connectivity index (χ1n) is 7.80. The molecule has 1 aliphatic heterocycles. The van der Waals surface area contributed by atoms with Gasteiger partial charge in [-0.25, -0.2) is 0 Å². The lowest BCUT2D eigenvalue weighted by atomic mass is 9.86. The van der Waals surface area contributed by atoms with Crippen LogP contribution in [-0.2, 0) is 5.60 Å². The van der Waals surface area contributed by atoms with Crippen molar-refractivity contribution in [2.75, 3.05) is 33.9 Å². The summed E-state index contributed by atoms with van der Waals surface area (Å²) in [6.07, 6.45) is 3.74. The van der Waals surface area contributed by atoms with Crippen molar-refractivity contribution in [3.8, 4) is 11.5 Å². The number of likely N-dealkylation sites (tertiary alicyclic amines) is 1. The van der Waals surface area contributed by atoms with E-state index in [9.17, 15) is 5.11 Å². The van der Waals surface area contributed by atoms with Gasteiger partial charge in [0.1, 0.15) is 0 Å². The van der Waals surface area contributed by atoms with Crippen molar-refractivity contribution in [1.29, 1.82) is 0 Å². The number of ether oxygens (including phenoxy) is 2. The average molecular weight is 293 g/mol. The second-order valence-corrected chi connectivity index (χ2v) is 5.80. The first kappa shape index (κ1) is 16.1. The molecule has 0 aromatic heterocycles. The van der Waals surface area contributed by atoms with E-state index in [-0.39, 0.29) is 0 Å². The molecule has 2 rings (SSSR count). The third-order valence-electron chi connectivity index (χ3n) is 4.37. The Bertz CT molecular complexity index is 463. The summed E-state index contributed by atoms with van der Waals surface area (Å²) in [5.41, 5.74) is 0.167. The smallest absolute Gasteiger partial charge is 0.161 e. The van der Waals surface area contributed by atoms with Gasteiger partial charge < -0.3 is 19.5 Å². The summed E-state index contributed by atoms with van der Waals surface area (Å²) in [6.45, 7) is 5.33. The molecule has 0 bridgehead atoms. The number of hydrogen-bond donors (Lipinski definition) is 1. The number of nitrogens with zero attached hydrogens (tertiary/aromatic N) is 1. The largest absolute Gasteiger partial charge is 0.493 e. The van der Waals surface area contributed by atoms with Gasteiger partial charge in [0.15, 0.2) is 11.5 Å². The molecule has 1 heterocycles. The highest BCUT2D eigenvalue weighted by Crippen LogP contribution is 2.37. The summed E-state index contributed by atoms with van der Waals surface area (Å²) in [5.74, 6) is 1.38. The molecule has 118 valence electrons. The summed E-state index contributed by atoms with van der Waals surface area (Å²) >= 11 is 0. The van der Waals surface area contributed by atoms with Crippen molar-refractivity contribution in [3.63, 3.8) is 0 Å². The number of aliphatic hydroxyl groups is 1. The predicted octanol–water partition coefficient (Wildman–Crippen LogP) is 2.79. The van der Waals surface area contributed by atoms with Crippen molar-refractivity contribution in [3.05, 3.63) is 23.8 Å². The van der Waals surface area contributed by atoms with Crippen molar-refractivity contribution < 1.29 is 14.6 Å². The van der Waals surface area contributed by atoms with Gasteiger partial charge in [-0.2, -0.15) is 0 Å². The minimum Gasteiger partial charge on any atom is -0.493 e. The molecule has 0 spiro atoms. The maximum Gasteiger partial charge on any atom is 0.161 e. The fourth-order valence-corrected chi connectivity index (χ4v) is 3.13. The summed E-state index contributed by atoms with van der Waals surface area (Å²) in [6, 6.07) is 5.74. The second kappa shape index (κ2) is 7.14.